The number of amides is 1. The molecule has 0 aliphatic carbocycles. The lowest BCUT2D eigenvalue weighted by Crippen LogP contribution is -2.28. The average molecular weight is 489 g/mol. The number of pyridine rings is 1. The summed E-state index contributed by atoms with van der Waals surface area (Å²) in [6.07, 6.45) is 0.751. The van der Waals surface area contributed by atoms with Crippen LogP contribution in [0.2, 0.25) is 5.02 Å². The number of ether oxygens (including phenoxy) is 1. The van der Waals surface area contributed by atoms with Gasteiger partial charge in [0.25, 0.3) is 11.5 Å². The summed E-state index contributed by atoms with van der Waals surface area (Å²) < 4.78 is 6.68. The van der Waals surface area contributed by atoms with Crippen LogP contribution in [0.4, 0.5) is 5.69 Å². The Morgan fingerprint density at radius 2 is 1.66 bits per heavy atom. The molecule has 7 heteroatoms. The Morgan fingerprint density at radius 1 is 0.971 bits per heavy atom. The van der Waals surface area contributed by atoms with Crippen LogP contribution in [-0.4, -0.2) is 23.1 Å². The van der Waals surface area contributed by atoms with Crippen LogP contribution in [0.5, 0.6) is 0 Å². The fraction of sp³-hybridized carbons (Fsp3) is 0.179. The van der Waals surface area contributed by atoms with Crippen LogP contribution in [0.1, 0.15) is 28.5 Å². The third kappa shape index (κ3) is 4.84. The second kappa shape index (κ2) is 10.2. The van der Waals surface area contributed by atoms with E-state index < -0.39 is 18.5 Å². The van der Waals surface area contributed by atoms with E-state index in [4.69, 9.17) is 16.3 Å². The summed E-state index contributed by atoms with van der Waals surface area (Å²) in [6.45, 7) is 3.42. The number of carbonyl (C=O) groups is 2. The fourth-order valence-corrected chi connectivity index (χ4v) is 4.32. The zero-order valence-electron chi connectivity index (χ0n) is 19.7. The molecule has 0 atom stereocenters. The molecule has 1 heterocycles. The van der Waals surface area contributed by atoms with Crippen LogP contribution in [0.15, 0.2) is 71.5 Å². The molecule has 178 valence electrons. The van der Waals surface area contributed by atoms with Crippen molar-refractivity contribution in [2.45, 2.75) is 20.3 Å². The summed E-state index contributed by atoms with van der Waals surface area (Å²) in [7, 11) is 1.52. The van der Waals surface area contributed by atoms with Gasteiger partial charge in [-0.1, -0.05) is 67.1 Å². The Kier molecular flexibility index (Phi) is 7.03. The molecule has 3 aromatic carbocycles. The van der Waals surface area contributed by atoms with E-state index in [0.29, 0.717) is 26.9 Å². The average Bonchev–Trinajstić information content (AvgIpc) is 2.86. The molecular formula is C28H25ClN2O4. The number of carbonyl (C=O) groups excluding carboxylic acids is 2. The van der Waals surface area contributed by atoms with E-state index >= 15 is 0 Å². The van der Waals surface area contributed by atoms with E-state index in [1.165, 1.54) is 11.6 Å². The van der Waals surface area contributed by atoms with E-state index in [9.17, 15) is 14.4 Å². The largest absolute Gasteiger partial charge is 0.451 e. The number of esters is 1. The van der Waals surface area contributed by atoms with Gasteiger partial charge in [-0.15, -0.1) is 0 Å². The molecule has 35 heavy (non-hydrogen) atoms. The molecule has 0 unspecified atom stereocenters. The quantitative estimate of drug-likeness (QED) is 0.362. The van der Waals surface area contributed by atoms with Gasteiger partial charge in [0.05, 0.1) is 0 Å². The molecule has 0 spiro atoms. The lowest BCUT2D eigenvalue weighted by Gasteiger charge is -2.17. The number of aromatic nitrogens is 1. The number of benzene rings is 3. The minimum absolute atomic E-state index is 0.0639. The van der Waals surface area contributed by atoms with Gasteiger partial charge in [-0.3, -0.25) is 9.59 Å². The lowest BCUT2D eigenvalue weighted by atomic mass is 9.97. The molecule has 0 saturated carbocycles. The summed E-state index contributed by atoms with van der Waals surface area (Å²) in [4.78, 5) is 39.0. The Morgan fingerprint density at radius 3 is 2.34 bits per heavy atom. The lowest BCUT2D eigenvalue weighted by molar-refractivity contribution is -0.119. The number of aryl methyl sites for hydroxylation is 2. The second-order valence-electron chi connectivity index (χ2n) is 8.23. The Bertz CT molecular complexity index is 1490. The predicted octanol–water partition coefficient (Wildman–Crippen LogP) is 5.53. The van der Waals surface area contributed by atoms with Crippen molar-refractivity contribution >= 4 is 39.9 Å². The zero-order valence-corrected chi connectivity index (χ0v) is 20.5. The molecule has 1 N–H and O–H groups in total. The van der Waals surface area contributed by atoms with E-state index in [0.717, 1.165) is 23.2 Å². The van der Waals surface area contributed by atoms with Crippen molar-refractivity contribution in [3.05, 3.63) is 98.9 Å². The van der Waals surface area contributed by atoms with Gasteiger partial charge in [-0.25, -0.2) is 4.79 Å². The summed E-state index contributed by atoms with van der Waals surface area (Å²) >= 11 is 6.07. The molecule has 0 fully saturated rings. The predicted molar refractivity (Wildman–Crippen MR) is 139 cm³/mol. The first-order valence-electron chi connectivity index (χ1n) is 11.2. The van der Waals surface area contributed by atoms with Crippen molar-refractivity contribution in [1.29, 1.82) is 0 Å². The van der Waals surface area contributed by atoms with Crippen LogP contribution in [-0.2, 0) is 23.0 Å². The fourth-order valence-electron chi connectivity index (χ4n) is 4.19. The minimum atomic E-state index is -0.768. The van der Waals surface area contributed by atoms with Crippen molar-refractivity contribution in [3.63, 3.8) is 0 Å². The highest BCUT2D eigenvalue weighted by Gasteiger charge is 2.23. The van der Waals surface area contributed by atoms with Gasteiger partial charge in [0, 0.05) is 28.7 Å². The summed E-state index contributed by atoms with van der Waals surface area (Å²) in [5.41, 5.74) is 3.60. The molecule has 0 aliphatic heterocycles. The number of halogens is 1. The number of para-hydroxylation sites is 1. The number of hydrogen-bond acceptors (Lipinski definition) is 4. The van der Waals surface area contributed by atoms with Crippen LogP contribution in [0, 0.1) is 6.92 Å². The van der Waals surface area contributed by atoms with Crippen LogP contribution >= 0.6 is 11.6 Å². The first-order valence-corrected chi connectivity index (χ1v) is 11.6. The minimum Gasteiger partial charge on any atom is -0.451 e. The Labute approximate surface area is 208 Å². The highest BCUT2D eigenvalue weighted by Crippen LogP contribution is 2.32. The maximum Gasteiger partial charge on any atom is 0.356 e. The van der Waals surface area contributed by atoms with E-state index in [-0.39, 0.29) is 11.3 Å². The van der Waals surface area contributed by atoms with Gasteiger partial charge in [0.2, 0.25) is 0 Å². The van der Waals surface area contributed by atoms with Gasteiger partial charge in [-0.2, -0.15) is 0 Å². The highest BCUT2D eigenvalue weighted by atomic mass is 35.5. The maximum absolute atomic E-state index is 13.3. The van der Waals surface area contributed by atoms with Crippen molar-refractivity contribution in [3.8, 4) is 11.1 Å². The third-order valence-electron chi connectivity index (χ3n) is 5.97. The van der Waals surface area contributed by atoms with E-state index in [2.05, 4.69) is 5.32 Å². The van der Waals surface area contributed by atoms with Crippen molar-refractivity contribution < 1.29 is 14.3 Å². The number of fused-ring (bicyclic) bond motifs is 1. The molecule has 4 aromatic rings. The number of rotatable bonds is 6. The maximum atomic E-state index is 13.3. The zero-order chi connectivity index (χ0) is 25.1. The van der Waals surface area contributed by atoms with Crippen LogP contribution in [0.25, 0.3) is 21.9 Å². The summed E-state index contributed by atoms with van der Waals surface area (Å²) in [5, 5.41) is 4.48. The molecule has 1 amide bonds. The number of nitrogens with one attached hydrogen (secondary N) is 1. The van der Waals surface area contributed by atoms with Crippen LogP contribution < -0.4 is 10.9 Å². The summed E-state index contributed by atoms with van der Waals surface area (Å²) in [5.74, 6) is -1.22. The van der Waals surface area contributed by atoms with Crippen molar-refractivity contribution in [2.75, 3.05) is 11.9 Å². The van der Waals surface area contributed by atoms with Gasteiger partial charge in [-0.05, 0) is 53.6 Å². The molecule has 0 radical (unpaired) electrons. The van der Waals surface area contributed by atoms with E-state index in [1.54, 1.807) is 48.5 Å². The van der Waals surface area contributed by atoms with Crippen molar-refractivity contribution in [1.82, 2.24) is 4.57 Å². The molecule has 0 bridgehead atoms. The SMILES string of the molecule is CCc1cccc(C)c1NC(=O)COC(=O)c1c(-c2ccc(Cl)cc2)c2ccccc2c(=O)n1C. The normalized spacial score (nSPS) is 10.9. The van der Waals surface area contributed by atoms with Crippen LogP contribution in [0.3, 0.4) is 0 Å². The molecule has 6 nitrogen and oxygen atoms in total. The van der Waals surface area contributed by atoms with Gasteiger partial charge >= 0.3 is 5.97 Å². The molecule has 0 aliphatic rings. The topological polar surface area (TPSA) is 77.4 Å². The van der Waals surface area contributed by atoms with Crippen molar-refractivity contribution in [2.24, 2.45) is 7.05 Å². The first kappa shape index (κ1) is 24.2. The van der Waals surface area contributed by atoms with Gasteiger partial charge in [0.15, 0.2) is 6.61 Å². The third-order valence-corrected chi connectivity index (χ3v) is 6.22. The molecular weight excluding hydrogens is 464 g/mol. The molecule has 1 aromatic heterocycles. The van der Waals surface area contributed by atoms with Gasteiger partial charge in [0.1, 0.15) is 5.69 Å². The standard InChI is InChI=1S/C28H25ClN2O4/c1-4-18-9-7-8-17(2)25(18)30-23(32)16-35-28(34)26-24(19-12-14-20(29)15-13-19)21-10-5-6-11-22(21)27(33)31(26)3/h5-15H,4,16H2,1-3H3,(H,30,32). The smallest absolute Gasteiger partial charge is 0.356 e. The highest BCUT2D eigenvalue weighted by molar-refractivity contribution is 6.30. The number of hydrogen-bond donors (Lipinski definition) is 1. The molecule has 0 saturated heterocycles. The monoisotopic (exact) mass is 488 g/mol. The van der Waals surface area contributed by atoms with E-state index in [1.807, 2.05) is 32.0 Å². The number of anilines is 1. The Hall–Kier alpha value is -3.90. The van der Waals surface area contributed by atoms with Gasteiger partial charge < -0.3 is 14.6 Å². The molecule has 4 rings (SSSR count). The number of nitrogens with zero attached hydrogens (tertiary/aromatic N) is 1. The first-order chi connectivity index (χ1) is 16.8. The summed E-state index contributed by atoms with van der Waals surface area (Å²) in [6, 6.07) is 19.8. The Balaban J connectivity index is 1.69. The second-order valence-corrected chi connectivity index (χ2v) is 8.66.